The van der Waals surface area contributed by atoms with Gasteiger partial charge < -0.3 is 0 Å². The molecule has 2 heterocycles. The summed E-state index contributed by atoms with van der Waals surface area (Å²) in [6, 6.07) is 8.07. The van der Waals surface area contributed by atoms with E-state index in [-0.39, 0.29) is 32.0 Å². The van der Waals surface area contributed by atoms with Gasteiger partial charge in [-0.15, -0.1) is 0 Å². The molecular weight excluding hydrogens is 500 g/mol. The Morgan fingerprint density at radius 1 is 0.472 bits per heavy atom. The minimum Gasteiger partial charge on any atom is -0.289 e. The summed E-state index contributed by atoms with van der Waals surface area (Å²) in [4.78, 5) is 26.7. The second-order valence-corrected chi connectivity index (χ2v) is 13.6. The Bertz CT molecular complexity index is 1310. The van der Waals surface area contributed by atoms with Crippen molar-refractivity contribution in [2.45, 2.75) is 61.2 Å². The summed E-state index contributed by atoms with van der Waals surface area (Å²) in [5.41, 5.74) is 0.247. The predicted octanol–water partition coefficient (Wildman–Crippen LogP) is 3.59. The molecule has 3 aliphatic rings. The van der Waals surface area contributed by atoms with Crippen LogP contribution in [0.3, 0.4) is 0 Å². The van der Waals surface area contributed by atoms with Gasteiger partial charge in [0.15, 0.2) is 11.6 Å². The van der Waals surface area contributed by atoms with Gasteiger partial charge in [0, 0.05) is 48.4 Å². The lowest BCUT2D eigenvalue weighted by Gasteiger charge is -2.23. The van der Waals surface area contributed by atoms with E-state index in [1.165, 1.54) is 45.0 Å². The molecule has 0 bridgehead atoms. The summed E-state index contributed by atoms with van der Waals surface area (Å²) in [7, 11) is -7.59. The van der Waals surface area contributed by atoms with Gasteiger partial charge in [-0.1, -0.05) is 25.7 Å². The fraction of sp³-hybridized carbons (Fsp3) is 0.462. The first kappa shape index (κ1) is 25.3. The molecule has 0 aromatic heterocycles. The monoisotopic (exact) mass is 530 g/mol. The van der Waals surface area contributed by atoms with Crippen LogP contribution in [-0.2, 0) is 20.0 Å². The molecule has 8 nitrogen and oxygen atoms in total. The van der Waals surface area contributed by atoms with E-state index in [4.69, 9.17) is 0 Å². The molecule has 2 aliphatic heterocycles. The summed E-state index contributed by atoms with van der Waals surface area (Å²) in [5.74, 6) is -0.961. The van der Waals surface area contributed by atoms with Crippen molar-refractivity contribution in [3.8, 4) is 0 Å². The zero-order valence-electron chi connectivity index (χ0n) is 20.1. The van der Waals surface area contributed by atoms with Gasteiger partial charge in [0.05, 0.1) is 9.79 Å². The normalized spacial score (nSPS) is 20.3. The van der Waals surface area contributed by atoms with Gasteiger partial charge in [-0.3, -0.25) is 9.59 Å². The van der Waals surface area contributed by atoms with E-state index in [1.54, 1.807) is 0 Å². The van der Waals surface area contributed by atoms with Gasteiger partial charge in [-0.25, -0.2) is 16.8 Å². The van der Waals surface area contributed by atoms with E-state index in [9.17, 15) is 26.4 Å². The molecule has 0 radical (unpaired) electrons. The zero-order valence-corrected chi connectivity index (χ0v) is 21.7. The summed E-state index contributed by atoms with van der Waals surface area (Å²) in [5, 5.41) is 0. The minimum absolute atomic E-state index is 0.00638. The Labute approximate surface area is 212 Å². The van der Waals surface area contributed by atoms with Crippen LogP contribution >= 0.6 is 0 Å². The Morgan fingerprint density at radius 3 is 1.14 bits per heavy atom. The predicted molar refractivity (Wildman–Crippen MR) is 134 cm³/mol. The highest BCUT2D eigenvalue weighted by Gasteiger charge is 2.34. The maximum Gasteiger partial charge on any atom is 0.243 e. The van der Waals surface area contributed by atoms with Crippen LogP contribution in [0.5, 0.6) is 0 Å². The van der Waals surface area contributed by atoms with Crippen molar-refractivity contribution in [3.05, 3.63) is 58.7 Å². The Hall–Kier alpha value is -2.40. The summed E-state index contributed by atoms with van der Waals surface area (Å²) in [6.07, 6.45) is 7.08. The van der Waals surface area contributed by atoms with Crippen molar-refractivity contribution in [1.82, 2.24) is 8.61 Å². The van der Waals surface area contributed by atoms with E-state index < -0.39 is 31.6 Å². The smallest absolute Gasteiger partial charge is 0.243 e. The van der Waals surface area contributed by atoms with E-state index in [0.717, 1.165) is 51.4 Å². The van der Waals surface area contributed by atoms with Crippen LogP contribution in [0.15, 0.2) is 46.2 Å². The molecule has 2 aromatic carbocycles. The standard InChI is InChI=1S/C26H30N2O6S2/c29-25-22-12-10-20(36(33,34)28-15-7-3-4-8-16-28)18-24(22)26(30)21-11-9-19(17-23(21)25)35(31,32)27-13-5-1-2-6-14-27/h9-12,17-18H,1-8,13-16H2. The Kier molecular flexibility index (Phi) is 6.88. The van der Waals surface area contributed by atoms with Gasteiger partial charge in [0.1, 0.15) is 0 Å². The van der Waals surface area contributed by atoms with Crippen molar-refractivity contribution in [2.75, 3.05) is 26.2 Å². The van der Waals surface area contributed by atoms with E-state index in [2.05, 4.69) is 0 Å². The second-order valence-electron chi connectivity index (χ2n) is 9.71. The first-order valence-electron chi connectivity index (χ1n) is 12.6. The molecule has 2 aromatic rings. The highest BCUT2D eigenvalue weighted by Crippen LogP contribution is 2.32. The molecule has 0 saturated carbocycles. The number of ketones is 2. The maximum absolute atomic E-state index is 13.4. The number of rotatable bonds is 4. The van der Waals surface area contributed by atoms with Crippen molar-refractivity contribution in [1.29, 1.82) is 0 Å². The molecule has 0 N–H and O–H groups in total. The molecule has 2 fully saturated rings. The van der Waals surface area contributed by atoms with E-state index in [1.807, 2.05) is 0 Å². The first-order chi connectivity index (χ1) is 17.2. The second kappa shape index (κ2) is 9.81. The van der Waals surface area contributed by atoms with Gasteiger partial charge in [0.25, 0.3) is 0 Å². The molecule has 0 atom stereocenters. The van der Waals surface area contributed by atoms with Crippen LogP contribution in [0.1, 0.15) is 83.2 Å². The number of nitrogens with zero attached hydrogens (tertiary/aromatic N) is 2. The molecule has 0 amide bonds. The van der Waals surface area contributed by atoms with Crippen LogP contribution in [0.4, 0.5) is 0 Å². The van der Waals surface area contributed by atoms with Gasteiger partial charge in [-0.05, 0) is 62.1 Å². The average Bonchev–Trinajstić information content (AvgIpc) is 3.33. The number of hydrogen-bond acceptors (Lipinski definition) is 6. The molecule has 1 aliphatic carbocycles. The minimum atomic E-state index is -3.79. The quantitative estimate of drug-likeness (QED) is 0.510. The number of hydrogen-bond donors (Lipinski definition) is 0. The van der Waals surface area contributed by atoms with E-state index >= 15 is 0 Å². The number of carbonyl (C=O) groups excluding carboxylic acids is 2. The van der Waals surface area contributed by atoms with Gasteiger partial charge in [0.2, 0.25) is 20.0 Å². The molecule has 0 spiro atoms. The molecule has 5 rings (SSSR count). The van der Waals surface area contributed by atoms with Crippen molar-refractivity contribution in [2.24, 2.45) is 0 Å². The van der Waals surface area contributed by atoms with Gasteiger partial charge >= 0.3 is 0 Å². The van der Waals surface area contributed by atoms with Crippen LogP contribution in [0.2, 0.25) is 0 Å². The molecule has 36 heavy (non-hydrogen) atoms. The lowest BCUT2D eigenvalue weighted by molar-refractivity contribution is 0.0978. The van der Waals surface area contributed by atoms with Crippen LogP contribution < -0.4 is 0 Å². The lowest BCUT2D eigenvalue weighted by atomic mass is 9.84. The van der Waals surface area contributed by atoms with Crippen molar-refractivity contribution < 1.29 is 26.4 Å². The third-order valence-corrected chi connectivity index (χ3v) is 11.2. The largest absolute Gasteiger partial charge is 0.289 e. The summed E-state index contributed by atoms with van der Waals surface area (Å²) < 4.78 is 55.9. The maximum atomic E-state index is 13.4. The highest BCUT2D eigenvalue weighted by atomic mass is 32.2. The number of sulfonamides is 2. The van der Waals surface area contributed by atoms with Crippen LogP contribution in [-0.4, -0.2) is 63.2 Å². The molecular formula is C26H30N2O6S2. The SMILES string of the molecule is O=C1c2ccc(S(=O)(=O)N3CCCCCC3)cc2C(=O)c2ccc(S(=O)(=O)N3CCCCCC3)cc21. The van der Waals surface area contributed by atoms with Crippen molar-refractivity contribution >= 4 is 31.6 Å². The van der Waals surface area contributed by atoms with Crippen LogP contribution in [0, 0.1) is 0 Å². The highest BCUT2D eigenvalue weighted by molar-refractivity contribution is 7.89. The summed E-state index contributed by atoms with van der Waals surface area (Å²) >= 11 is 0. The number of benzene rings is 2. The average molecular weight is 531 g/mol. The first-order valence-corrected chi connectivity index (χ1v) is 15.5. The molecule has 192 valence electrons. The van der Waals surface area contributed by atoms with Crippen molar-refractivity contribution in [3.63, 3.8) is 0 Å². The lowest BCUT2D eigenvalue weighted by Crippen LogP contribution is -2.33. The molecule has 10 heteroatoms. The molecule has 0 unspecified atom stereocenters. The molecule has 2 saturated heterocycles. The topological polar surface area (TPSA) is 109 Å². The Balaban J connectivity index is 1.49. The number of carbonyl (C=O) groups is 2. The number of fused-ring (bicyclic) bond motifs is 2. The third kappa shape index (κ3) is 4.44. The fourth-order valence-corrected chi connectivity index (χ4v) is 8.38. The van der Waals surface area contributed by atoms with E-state index in [0.29, 0.717) is 26.2 Å². The van der Waals surface area contributed by atoms with Gasteiger partial charge in [-0.2, -0.15) is 8.61 Å². The Morgan fingerprint density at radius 2 is 0.806 bits per heavy atom. The zero-order chi connectivity index (χ0) is 25.5. The third-order valence-electron chi connectivity index (χ3n) is 7.37. The van der Waals surface area contributed by atoms with Crippen LogP contribution in [0.25, 0.3) is 0 Å². The fourth-order valence-electron chi connectivity index (χ4n) is 5.29. The summed E-state index contributed by atoms with van der Waals surface area (Å²) in [6.45, 7) is 1.74.